The molecule has 2 N–H and O–H groups in total. The van der Waals surface area contributed by atoms with Crippen LogP contribution in [0.2, 0.25) is 0 Å². The number of urea groups is 1. The SMILES string of the molecule is CC(C)(C)CC(C)(C)NC(=O)NC(c1ccc(C(F)(F)F)cc1)c1ncccc1C(F)(F)F. The highest BCUT2D eigenvalue weighted by atomic mass is 19.4. The molecular formula is C23H27F6N3O. The molecule has 2 rings (SSSR count). The standard InChI is InChI=1S/C23H27F6N3O/c1-20(2,3)13-21(4,5)32-19(33)31-17(14-8-10-15(11-9-14)22(24,25)26)18-16(23(27,28)29)7-6-12-30-18/h6-12,17H,13H2,1-5H3,(H2,31,32,33). The van der Waals surface area contributed by atoms with Crippen LogP contribution in [-0.4, -0.2) is 16.6 Å². The Labute approximate surface area is 188 Å². The highest BCUT2D eigenvalue weighted by Gasteiger charge is 2.38. The Hall–Kier alpha value is -2.78. The Morgan fingerprint density at radius 1 is 0.909 bits per heavy atom. The summed E-state index contributed by atoms with van der Waals surface area (Å²) in [5.74, 6) is 0. The number of pyridine rings is 1. The van der Waals surface area contributed by atoms with Crippen molar-refractivity contribution >= 4 is 6.03 Å². The van der Waals surface area contributed by atoms with Crippen LogP contribution < -0.4 is 10.6 Å². The lowest BCUT2D eigenvalue weighted by Gasteiger charge is -2.34. The van der Waals surface area contributed by atoms with Crippen LogP contribution in [0.5, 0.6) is 0 Å². The molecule has 0 saturated carbocycles. The summed E-state index contributed by atoms with van der Waals surface area (Å²) in [4.78, 5) is 16.6. The van der Waals surface area contributed by atoms with Gasteiger partial charge in [0.25, 0.3) is 0 Å². The summed E-state index contributed by atoms with van der Waals surface area (Å²) in [5, 5.41) is 5.21. The summed E-state index contributed by atoms with van der Waals surface area (Å²) < 4.78 is 79.7. The van der Waals surface area contributed by atoms with Crippen molar-refractivity contribution in [2.24, 2.45) is 5.41 Å². The lowest BCUT2D eigenvalue weighted by atomic mass is 9.82. The summed E-state index contributed by atoms with van der Waals surface area (Å²) in [6.07, 6.45) is -7.70. The molecule has 1 aromatic heterocycles. The number of hydrogen-bond acceptors (Lipinski definition) is 2. The largest absolute Gasteiger partial charge is 0.418 e. The van der Waals surface area contributed by atoms with Gasteiger partial charge in [0, 0.05) is 11.7 Å². The number of rotatable bonds is 5. The Kier molecular flexibility index (Phi) is 7.40. The summed E-state index contributed by atoms with van der Waals surface area (Å²) in [6, 6.07) is 3.27. The number of amides is 2. The van der Waals surface area contributed by atoms with E-state index >= 15 is 0 Å². The van der Waals surface area contributed by atoms with Crippen LogP contribution in [0.15, 0.2) is 42.6 Å². The van der Waals surface area contributed by atoms with E-state index < -0.39 is 46.8 Å². The second-order valence-corrected chi connectivity index (χ2v) is 9.71. The number of halogens is 6. The fourth-order valence-electron chi connectivity index (χ4n) is 3.91. The van der Waals surface area contributed by atoms with E-state index in [1.807, 2.05) is 20.8 Å². The van der Waals surface area contributed by atoms with Crippen molar-refractivity contribution in [1.29, 1.82) is 0 Å². The predicted octanol–water partition coefficient (Wildman–Crippen LogP) is 6.72. The Morgan fingerprint density at radius 2 is 1.48 bits per heavy atom. The number of aromatic nitrogens is 1. The third-order valence-corrected chi connectivity index (χ3v) is 4.69. The van der Waals surface area contributed by atoms with Crippen LogP contribution in [0.1, 0.15) is 69.5 Å². The summed E-state index contributed by atoms with van der Waals surface area (Å²) in [6.45, 7) is 9.47. The number of nitrogens with one attached hydrogen (secondary N) is 2. The monoisotopic (exact) mass is 475 g/mol. The minimum atomic E-state index is -4.78. The van der Waals surface area contributed by atoms with E-state index in [4.69, 9.17) is 0 Å². The van der Waals surface area contributed by atoms with Gasteiger partial charge in [-0.25, -0.2) is 4.79 Å². The number of nitrogens with zero attached hydrogens (tertiary/aromatic N) is 1. The average Bonchev–Trinajstić information content (AvgIpc) is 2.62. The zero-order valence-corrected chi connectivity index (χ0v) is 18.9. The van der Waals surface area contributed by atoms with Gasteiger partial charge in [0.15, 0.2) is 0 Å². The van der Waals surface area contributed by atoms with Crippen molar-refractivity contribution in [2.45, 2.75) is 65.0 Å². The molecule has 10 heteroatoms. The van der Waals surface area contributed by atoms with Gasteiger partial charge in [0.1, 0.15) is 0 Å². The van der Waals surface area contributed by atoms with Crippen LogP contribution >= 0.6 is 0 Å². The van der Waals surface area contributed by atoms with Crippen LogP contribution in [0, 0.1) is 5.41 Å². The van der Waals surface area contributed by atoms with Gasteiger partial charge in [-0.3, -0.25) is 4.98 Å². The number of carbonyl (C=O) groups is 1. The molecule has 1 atom stereocenters. The van der Waals surface area contributed by atoms with E-state index in [9.17, 15) is 31.1 Å². The van der Waals surface area contributed by atoms with Gasteiger partial charge < -0.3 is 10.6 Å². The molecule has 2 aromatic rings. The van der Waals surface area contributed by atoms with Crippen molar-refractivity contribution in [1.82, 2.24) is 15.6 Å². The highest BCUT2D eigenvalue weighted by molar-refractivity contribution is 5.76. The molecule has 0 spiro atoms. The van der Waals surface area contributed by atoms with Crippen molar-refractivity contribution in [3.63, 3.8) is 0 Å². The normalized spacial score (nSPS) is 14.0. The quantitative estimate of drug-likeness (QED) is 0.472. The molecule has 1 heterocycles. The molecule has 33 heavy (non-hydrogen) atoms. The topological polar surface area (TPSA) is 54.0 Å². The summed E-state index contributed by atoms with van der Waals surface area (Å²) >= 11 is 0. The van der Waals surface area contributed by atoms with Crippen LogP contribution in [0.25, 0.3) is 0 Å². The first-order chi connectivity index (χ1) is 14.9. The first-order valence-electron chi connectivity index (χ1n) is 10.2. The van der Waals surface area contributed by atoms with Crippen LogP contribution in [0.4, 0.5) is 31.1 Å². The van der Waals surface area contributed by atoms with E-state index in [0.717, 1.165) is 42.6 Å². The number of hydrogen-bond donors (Lipinski definition) is 2. The Balaban J connectivity index is 2.46. The van der Waals surface area contributed by atoms with Gasteiger partial charge >= 0.3 is 18.4 Å². The van der Waals surface area contributed by atoms with Crippen molar-refractivity contribution in [3.05, 3.63) is 65.0 Å². The second-order valence-electron chi connectivity index (χ2n) is 9.71. The zero-order valence-electron chi connectivity index (χ0n) is 18.9. The van der Waals surface area contributed by atoms with Gasteiger partial charge in [-0.1, -0.05) is 32.9 Å². The molecule has 0 fully saturated rings. The predicted molar refractivity (Wildman–Crippen MR) is 112 cm³/mol. The smallest absolute Gasteiger partial charge is 0.333 e. The van der Waals surface area contributed by atoms with Crippen molar-refractivity contribution < 1.29 is 31.1 Å². The van der Waals surface area contributed by atoms with Gasteiger partial charge in [0.2, 0.25) is 0 Å². The first-order valence-corrected chi connectivity index (χ1v) is 10.2. The van der Waals surface area contributed by atoms with Crippen LogP contribution in [0.3, 0.4) is 0 Å². The summed E-state index contributed by atoms with van der Waals surface area (Å²) in [5.41, 5.74) is -3.40. The second kappa shape index (κ2) is 9.23. The van der Waals surface area contributed by atoms with Gasteiger partial charge in [-0.2, -0.15) is 26.3 Å². The number of benzene rings is 1. The molecular weight excluding hydrogens is 448 g/mol. The average molecular weight is 475 g/mol. The minimum Gasteiger partial charge on any atom is -0.333 e. The highest BCUT2D eigenvalue weighted by Crippen LogP contribution is 2.36. The molecule has 1 aromatic carbocycles. The van der Waals surface area contributed by atoms with E-state index in [-0.39, 0.29) is 11.0 Å². The summed E-state index contributed by atoms with van der Waals surface area (Å²) in [7, 11) is 0. The van der Waals surface area contributed by atoms with Crippen molar-refractivity contribution in [2.75, 3.05) is 0 Å². The Morgan fingerprint density at radius 3 is 1.97 bits per heavy atom. The van der Waals surface area contributed by atoms with E-state index in [1.165, 1.54) is 0 Å². The molecule has 0 radical (unpaired) electrons. The molecule has 1 unspecified atom stereocenters. The van der Waals surface area contributed by atoms with Gasteiger partial charge in [-0.05, 0) is 55.5 Å². The molecule has 2 amide bonds. The minimum absolute atomic E-state index is 0.0241. The molecule has 0 aliphatic carbocycles. The maximum atomic E-state index is 13.6. The Bertz CT molecular complexity index is 960. The van der Waals surface area contributed by atoms with Gasteiger partial charge in [-0.15, -0.1) is 0 Å². The van der Waals surface area contributed by atoms with Crippen molar-refractivity contribution in [3.8, 4) is 0 Å². The molecule has 0 aliphatic heterocycles. The van der Waals surface area contributed by atoms with E-state index in [1.54, 1.807) is 13.8 Å². The maximum absolute atomic E-state index is 13.6. The van der Waals surface area contributed by atoms with Crippen LogP contribution in [-0.2, 0) is 12.4 Å². The fraction of sp³-hybridized carbons (Fsp3) is 0.478. The third-order valence-electron chi connectivity index (χ3n) is 4.69. The lowest BCUT2D eigenvalue weighted by Crippen LogP contribution is -2.51. The van der Waals surface area contributed by atoms with E-state index in [0.29, 0.717) is 6.42 Å². The fourth-order valence-corrected chi connectivity index (χ4v) is 3.91. The third kappa shape index (κ3) is 7.64. The maximum Gasteiger partial charge on any atom is 0.418 e. The number of carbonyl (C=O) groups excluding carboxylic acids is 1. The van der Waals surface area contributed by atoms with E-state index in [2.05, 4.69) is 15.6 Å². The zero-order chi connectivity index (χ0) is 25.2. The molecule has 182 valence electrons. The molecule has 0 bridgehead atoms. The number of alkyl halides is 6. The molecule has 0 saturated heterocycles. The first kappa shape index (κ1) is 26.5. The lowest BCUT2D eigenvalue weighted by molar-refractivity contribution is -0.139. The molecule has 0 aliphatic rings. The molecule has 4 nitrogen and oxygen atoms in total. The van der Waals surface area contributed by atoms with Gasteiger partial charge in [0.05, 0.1) is 22.9 Å².